The number of hydrogen-bond donors (Lipinski definition) is 1. The highest BCUT2D eigenvalue weighted by atomic mass is 35.5. The summed E-state index contributed by atoms with van der Waals surface area (Å²) in [7, 11) is 0. The monoisotopic (exact) mass is 327 g/mol. The number of carbonyl (C=O) groups excluding carboxylic acids is 1. The molecule has 2 aromatic heterocycles. The van der Waals surface area contributed by atoms with Crippen molar-refractivity contribution in [2.75, 3.05) is 5.32 Å². The van der Waals surface area contributed by atoms with Gasteiger partial charge in [0.15, 0.2) is 0 Å². The van der Waals surface area contributed by atoms with Crippen LogP contribution in [0.25, 0.3) is 5.65 Å². The van der Waals surface area contributed by atoms with Crippen LogP contribution in [-0.4, -0.2) is 15.3 Å². The molecule has 0 saturated carbocycles. The number of hydrogen-bond acceptors (Lipinski definition) is 2. The van der Waals surface area contributed by atoms with Gasteiger partial charge in [-0.05, 0) is 49.2 Å². The second-order valence-electron chi connectivity index (χ2n) is 5.50. The van der Waals surface area contributed by atoms with Gasteiger partial charge in [-0.1, -0.05) is 31.0 Å². The minimum absolute atomic E-state index is 0.158. The van der Waals surface area contributed by atoms with E-state index in [-0.39, 0.29) is 5.91 Å². The maximum Gasteiger partial charge on any atom is 0.274 e. The van der Waals surface area contributed by atoms with E-state index in [0.717, 1.165) is 29.7 Å². The van der Waals surface area contributed by atoms with Crippen molar-refractivity contribution in [1.82, 2.24) is 9.38 Å². The highest BCUT2D eigenvalue weighted by molar-refractivity contribution is 6.30. The lowest BCUT2D eigenvalue weighted by Crippen LogP contribution is -2.16. The number of rotatable bonds is 4. The van der Waals surface area contributed by atoms with Crippen LogP contribution in [0.5, 0.6) is 0 Å². The molecule has 0 aliphatic carbocycles. The van der Waals surface area contributed by atoms with Gasteiger partial charge in [-0.2, -0.15) is 0 Å². The number of carbonyl (C=O) groups is 1. The Morgan fingerprint density at radius 1 is 1.26 bits per heavy atom. The smallest absolute Gasteiger partial charge is 0.274 e. The largest absolute Gasteiger partial charge is 0.321 e. The first kappa shape index (κ1) is 15.6. The molecule has 0 unspecified atom stereocenters. The quantitative estimate of drug-likeness (QED) is 0.766. The zero-order chi connectivity index (χ0) is 16.4. The van der Waals surface area contributed by atoms with Gasteiger partial charge in [-0.25, -0.2) is 4.98 Å². The number of imidazole rings is 1. The van der Waals surface area contributed by atoms with Crippen LogP contribution in [0.3, 0.4) is 0 Å². The van der Waals surface area contributed by atoms with E-state index < -0.39 is 0 Å². The highest BCUT2D eigenvalue weighted by Crippen LogP contribution is 2.20. The average Bonchev–Trinajstić information content (AvgIpc) is 2.90. The predicted molar refractivity (Wildman–Crippen MR) is 93.3 cm³/mol. The molecule has 4 nitrogen and oxygen atoms in total. The van der Waals surface area contributed by atoms with Crippen molar-refractivity contribution in [2.45, 2.75) is 26.7 Å². The summed E-state index contributed by atoms with van der Waals surface area (Å²) in [5.41, 5.74) is 4.02. The minimum Gasteiger partial charge on any atom is -0.321 e. The van der Waals surface area contributed by atoms with Gasteiger partial charge in [0.1, 0.15) is 11.3 Å². The fraction of sp³-hybridized carbons (Fsp3) is 0.222. The summed E-state index contributed by atoms with van der Waals surface area (Å²) in [5.74, 6) is -0.158. The molecule has 0 aliphatic heterocycles. The summed E-state index contributed by atoms with van der Waals surface area (Å²) in [6.07, 6.45) is 3.58. The van der Waals surface area contributed by atoms with Crippen molar-refractivity contribution in [1.29, 1.82) is 0 Å². The van der Waals surface area contributed by atoms with Crippen LogP contribution >= 0.6 is 11.6 Å². The zero-order valence-electron chi connectivity index (χ0n) is 13.1. The van der Waals surface area contributed by atoms with Gasteiger partial charge in [0.2, 0.25) is 0 Å². The van der Waals surface area contributed by atoms with Crippen molar-refractivity contribution in [2.24, 2.45) is 0 Å². The van der Waals surface area contributed by atoms with Gasteiger partial charge in [0, 0.05) is 16.9 Å². The molecule has 2 heterocycles. The summed E-state index contributed by atoms with van der Waals surface area (Å²) in [6, 6.07) is 11.0. The molecular weight excluding hydrogens is 310 g/mol. The first-order chi connectivity index (χ1) is 11.1. The van der Waals surface area contributed by atoms with E-state index >= 15 is 0 Å². The molecule has 1 amide bonds. The number of anilines is 1. The molecule has 1 aromatic carbocycles. The second-order valence-corrected chi connectivity index (χ2v) is 5.94. The molecule has 23 heavy (non-hydrogen) atoms. The first-order valence-electron chi connectivity index (χ1n) is 7.63. The number of halogens is 1. The zero-order valence-corrected chi connectivity index (χ0v) is 13.9. The molecule has 0 bridgehead atoms. The van der Waals surface area contributed by atoms with E-state index in [0.29, 0.717) is 16.4 Å². The lowest BCUT2D eigenvalue weighted by molar-refractivity contribution is 0.102. The van der Waals surface area contributed by atoms with Crippen molar-refractivity contribution < 1.29 is 4.79 Å². The van der Waals surface area contributed by atoms with Crippen molar-refractivity contribution >= 4 is 28.8 Å². The maximum atomic E-state index is 12.8. The predicted octanol–water partition coefficient (Wildman–Crippen LogP) is 4.50. The van der Waals surface area contributed by atoms with Gasteiger partial charge in [-0.15, -0.1) is 0 Å². The Bertz CT molecular complexity index is 853. The number of nitrogens with one attached hydrogen (secondary N) is 1. The number of benzene rings is 1. The standard InChI is InChI=1S/C18H18ClN3O/c1-3-5-15-16(22-11-4-6-12(2)17(22)21-15)18(23)20-14-9-7-13(19)8-10-14/h4,6-11H,3,5H2,1-2H3,(H,20,23). The Hall–Kier alpha value is -2.33. The molecule has 0 saturated heterocycles. The molecule has 3 aromatic rings. The number of nitrogens with zero attached hydrogens (tertiary/aromatic N) is 2. The molecule has 0 atom stereocenters. The number of amides is 1. The fourth-order valence-corrected chi connectivity index (χ4v) is 2.75. The normalized spacial score (nSPS) is 10.9. The fourth-order valence-electron chi connectivity index (χ4n) is 2.63. The summed E-state index contributed by atoms with van der Waals surface area (Å²) in [5, 5.41) is 3.56. The van der Waals surface area contributed by atoms with E-state index in [9.17, 15) is 4.79 Å². The number of pyridine rings is 1. The molecule has 1 N–H and O–H groups in total. The van der Waals surface area contributed by atoms with E-state index in [4.69, 9.17) is 11.6 Å². The minimum atomic E-state index is -0.158. The SMILES string of the molecule is CCCc1nc2c(C)cccn2c1C(=O)Nc1ccc(Cl)cc1. The summed E-state index contributed by atoms with van der Waals surface area (Å²) >= 11 is 5.88. The van der Waals surface area contributed by atoms with Crippen LogP contribution in [-0.2, 0) is 6.42 Å². The molecule has 0 spiro atoms. The van der Waals surface area contributed by atoms with Crippen LogP contribution in [0, 0.1) is 6.92 Å². The Kier molecular flexibility index (Phi) is 4.35. The maximum absolute atomic E-state index is 12.8. The Balaban J connectivity index is 2.03. The van der Waals surface area contributed by atoms with Crippen LogP contribution in [0.1, 0.15) is 35.1 Å². The van der Waals surface area contributed by atoms with Crippen molar-refractivity contribution in [3.8, 4) is 0 Å². The Morgan fingerprint density at radius 2 is 2.00 bits per heavy atom. The van der Waals surface area contributed by atoms with Gasteiger partial charge >= 0.3 is 0 Å². The summed E-state index contributed by atoms with van der Waals surface area (Å²) < 4.78 is 1.87. The van der Waals surface area contributed by atoms with E-state index in [1.165, 1.54) is 0 Å². The molecule has 0 aliphatic rings. The van der Waals surface area contributed by atoms with Crippen molar-refractivity contribution in [3.63, 3.8) is 0 Å². The summed E-state index contributed by atoms with van der Waals surface area (Å²) in [4.78, 5) is 17.4. The lowest BCUT2D eigenvalue weighted by atomic mass is 10.2. The van der Waals surface area contributed by atoms with Gasteiger partial charge in [0.05, 0.1) is 5.69 Å². The van der Waals surface area contributed by atoms with E-state index in [1.807, 2.05) is 29.7 Å². The molecular formula is C18H18ClN3O. The molecule has 5 heteroatoms. The van der Waals surface area contributed by atoms with E-state index in [2.05, 4.69) is 17.2 Å². The number of aryl methyl sites for hydroxylation is 2. The van der Waals surface area contributed by atoms with Crippen LogP contribution < -0.4 is 5.32 Å². The molecule has 0 fully saturated rings. The highest BCUT2D eigenvalue weighted by Gasteiger charge is 2.19. The Labute approximate surface area is 140 Å². The van der Waals surface area contributed by atoms with Crippen LogP contribution in [0.2, 0.25) is 5.02 Å². The number of aromatic nitrogens is 2. The van der Waals surface area contributed by atoms with Gasteiger partial charge in [-0.3, -0.25) is 9.20 Å². The third-order valence-electron chi connectivity index (χ3n) is 3.72. The molecule has 0 radical (unpaired) electrons. The first-order valence-corrected chi connectivity index (χ1v) is 8.01. The molecule has 3 rings (SSSR count). The summed E-state index contributed by atoms with van der Waals surface area (Å²) in [6.45, 7) is 4.08. The number of fused-ring (bicyclic) bond motifs is 1. The third-order valence-corrected chi connectivity index (χ3v) is 3.97. The van der Waals surface area contributed by atoms with Crippen LogP contribution in [0.15, 0.2) is 42.6 Å². The average molecular weight is 328 g/mol. The van der Waals surface area contributed by atoms with E-state index in [1.54, 1.807) is 24.3 Å². The van der Waals surface area contributed by atoms with Gasteiger partial charge < -0.3 is 5.32 Å². The Morgan fingerprint density at radius 3 is 2.70 bits per heavy atom. The van der Waals surface area contributed by atoms with Crippen molar-refractivity contribution in [3.05, 3.63) is 64.6 Å². The third kappa shape index (κ3) is 3.08. The van der Waals surface area contributed by atoms with Gasteiger partial charge in [0.25, 0.3) is 5.91 Å². The second kappa shape index (κ2) is 6.42. The molecule has 118 valence electrons. The lowest BCUT2D eigenvalue weighted by Gasteiger charge is -2.07. The van der Waals surface area contributed by atoms with Crippen LogP contribution in [0.4, 0.5) is 5.69 Å². The topological polar surface area (TPSA) is 46.4 Å².